The van der Waals surface area contributed by atoms with Gasteiger partial charge in [-0.15, -0.1) is 11.3 Å². The molecule has 3 aliphatic rings. The van der Waals surface area contributed by atoms with Gasteiger partial charge in [0.05, 0.1) is 23.9 Å². The molecule has 2 fully saturated rings. The van der Waals surface area contributed by atoms with Crippen molar-refractivity contribution >= 4 is 57.7 Å². The Balaban J connectivity index is 1.33. The van der Waals surface area contributed by atoms with Gasteiger partial charge in [0, 0.05) is 23.2 Å². The highest BCUT2D eigenvalue weighted by molar-refractivity contribution is 7.11. The fourth-order valence-corrected chi connectivity index (χ4v) is 4.51. The molecule has 1 N–H and O–H groups in total. The number of morpholine rings is 1. The van der Waals surface area contributed by atoms with Crippen LogP contribution in [0.3, 0.4) is 0 Å². The van der Waals surface area contributed by atoms with Gasteiger partial charge in [-0.1, -0.05) is 29.8 Å². The van der Waals surface area contributed by atoms with Crippen LogP contribution in [0.25, 0.3) is 5.57 Å². The molecule has 10 heteroatoms. The van der Waals surface area contributed by atoms with E-state index in [0.29, 0.717) is 24.5 Å². The molecule has 8 nitrogen and oxygen atoms in total. The second-order valence-electron chi connectivity index (χ2n) is 6.88. The molecular formula is C20H15ClN4O4S. The number of urea groups is 1. The number of benzene rings is 1. The summed E-state index contributed by atoms with van der Waals surface area (Å²) in [7, 11) is 0. The molecule has 2 aromatic rings. The number of hydrogen-bond donors (Lipinski definition) is 1. The molecule has 152 valence electrons. The molecule has 30 heavy (non-hydrogen) atoms. The molecule has 1 aromatic carbocycles. The largest absolute Gasteiger partial charge is 0.377 e. The van der Waals surface area contributed by atoms with Crippen molar-refractivity contribution in [3.05, 3.63) is 57.5 Å². The summed E-state index contributed by atoms with van der Waals surface area (Å²) in [6.45, 7) is 0.933. The second kappa shape index (κ2) is 7.35. The number of anilines is 2. The summed E-state index contributed by atoms with van der Waals surface area (Å²) in [5.74, 6) is -0.736. The van der Waals surface area contributed by atoms with Crippen molar-refractivity contribution < 1.29 is 19.1 Å². The van der Waals surface area contributed by atoms with Gasteiger partial charge >= 0.3 is 6.03 Å². The average molecular weight is 443 g/mol. The number of halogens is 1. The Labute approximate surface area is 180 Å². The number of carbonyl (C=O) groups is 3. The van der Waals surface area contributed by atoms with Crippen LogP contribution in [0.5, 0.6) is 0 Å². The predicted octanol–water partition coefficient (Wildman–Crippen LogP) is 3.17. The van der Waals surface area contributed by atoms with Gasteiger partial charge in [-0.3, -0.25) is 9.59 Å². The van der Waals surface area contributed by atoms with Gasteiger partial charge in [0.1, 0.15) is 16.7 Å². The molecule has 0 radical (unpaired) electrons. The van der Waals surface area contributed by atoms with E-state index in [0.717, 1.165) is 15.5 Å². The Morgan fingerprint density at radius 1 is 1.33 bits per heavy atom. The van der Waals surface area contributed by atoms with Gasteiger partial charge in [-0.25, -0.2) is 14.7 Å². The highest BCUT2D eigenvalue weighted by Gasteiger charge is 2.47. The monoisotopic (exact) mass is 442 g/mol. The summed E-state index contributed by atoms with van der Waals surface area (Å²) < 4.78 is 5.31. The zero-order chi connectivity index (χ0) is 20.8. The summed E-state index contributed by atoms with van der Waals surface area (Å²) >= 11 is 7.75. The van der Waals surface area contributed by atoms with Crippen LogP contribution in [-0.4, -0.2) is 53.5 Å². The number of ether oxygens (including phenoxy) is 1. The van der Waals surface area contributed by atoms with E-state index in [2.05, 4.69) is 10.3 Å². The lowest BCUT2D eigenvalue weighted by Gasteiger charge is -2.26. The minimum atomic E-state index is -0.624. The van der Waals surface area contributed by atoms with E-state index in [4.69, 9.17) is 16.3 Å². The number of amides is 4. The van der Waals surface area contributed by atoms with Gasteiger partial charge in [0.25, 0.3) is 11.8 Å². The molecule has 2 aliphatic heterocycles. The Morgan fingerprint density at radius 3 is 2.87 bits per heavy atom. The van der Waals surface area contributed by atoms with Crippen molar-refractivity contribution in [1.29, 1.82) is 0 Å². The maximum Gasteiger partial charge on any atom is 0.332 e. The molecule has 0 spiro atoms. The smallest absolute Gasteiger partial charge is 0.332 e. The van der Waals surface area contributed by atoms with Gasteiger partial charge in [0.2, 0.25) is 0 Å². The average Bonchev–Trinajstić information content (AvgIpc) is 3.26. The Hall–Kier alpha value is -3.01. The van der Waals surface area contributed by atoms with Crippen molar-refractivity contribution in [2.24, 2.45) is 0 Å². The number of allylic oxidation sites excluding steroid dienone is 4. The second-order valence-corrected chi connectivity index (χ2v) is 8.14. The van der Waals surface area contributed by atoms with Gasteiger partial charge in [-0.05, 0) is 18.2 Å². The van der Waals surface area contributed by atoms with Crippen LogP contribution < -0.4 is 10.2 Å². The number of thiazole rings is 1. The van der Waals surface area contributed by atoms with Crippen LogP contribution in [-0.2, 0) is 9.53 Å². The van der Waals surface area contributed by atoms with Crippen LogP contribution in [0.1, 0.15) is 15.5 Å². The van der Waals surface area contributed by atoms with E-state index in [1.807, 2.05) is 18.2 Å². The van der Waals surface area contributed by atoms with Gasteiger partial charge in [-0.2, -0.15) is 0 Å². The first kappa shape index (κ1) is 19.0. The SMILES string of the molecule is O=C(Nc1ccc(N2C(=O)C3COCCN3C2=O)c(Cl)c1)c1csc(C2=CC=C2)n1. The van der Waals surface area contributed by atoms with Crippen molar-refractivity contribution in [1.82, 2.24) is 9.88 Å². The lowest BCUT2D eigenvalue weighted by atomic mass is 10.1. The Bertz CT molecular complexity index is 1120. The highest BCUT2D eigenvalue weighted by Crippen LogP contribution is 2.34. The van der Waals surface area contributed by atoms with E-state index >= 15 is 0 Å². The zero-order valence-corrected chi connectivity index (χ0v) is 17.1. The van der Waals surface area contributed by atoms with Crippen LogP contribution in [0.4, 0.5) is 16.2 Å². The number of imide groups is 1. The molecule has 4 amide bonds. The number of aromatic nitrogens is 1. The predicted molar refractivity (Wildman–Crippen MR) is 113 cm³/mol. The molecule has 1 unspecified atom stereocenters. The molecule has 0 saturated carbocycles. The first-order chi connectivity index (χ1) is 14.5. The van der Waals surface area contributed by atoms with Crippen molar-refractivity contribution in [2.45, 2.75) is 6.04 Å². The summed E-state index contributed by atoms with van der Waals surface area (Å²) in [6.07, 6.45) is 5.77. The molecule has 1 aromatic heterocycles. The van der Waals surface area contributed by atoms with Crippen molar-refractivity contribution in [3.63, 3.8) is 0 Å². The fraction of sp³-hybridized carbons (Fsp3) is 0.200. The number of rotatable bonds is 4. The Kier molecular flexibility index (Phi) is 4.65. The van der Waals surface area contributed by atoms with Crippen LogP contribution >= 0.6 is 22.9 Å². The summed E-state index contributed by atoms with van der Waals surface area (Å²) in [4.78, 5) is 44.7. The maximum absolute atomic E-state index is 12.7. The molecule has 5 rings (SSSR count). The van der Waals surface area contributed by atoms with Crippen molar-refractivity contribution in [3.8, 4) is 0 Å². The van der Waals surface area contributed by atoms with Gasteiger partial charge in [0.15, 0.2) is 0 Å². The summed E-state index contributed by atoms with van der Waals surface area (Å²) in [6, 6.07) is 3.61. The first-order valence-corrected chi connectivity index (χ1v) is 10.5. The van der Waals surface area contributed by atoms with E-state index in [1.165, 1.54) is 22.3 Å². The van der Waals surface area contributed by atoms with Crippen LogP contribution in [0.2, 0.25) is 5.02 Å². The number of carbonyl (C=O) groups excluding carboxylic acids is 3. The third kappa shape index (κ3) is 3.11. The third-order valence-electron chi connectivity index (χ3n) is 5.05. The lowest BCUT2D eigenvalue weighted by molar-refractivity contribution is -0.123. The molecule has 2 saturated heterocycles. The standard InChI is InChI=1S/C20H15ClN4O4S/c21-13-8-12(22-17(26)14-10-30-18(23-14)11-2-1-3-11)4-5-15(13)25-19(27)16-9-29-7-6-24(16)20(25)28/h1-5,8,10,16H,6-7,9H2,(H,22,26). The number of nitrogens with zero attached hydrogens (tertiary/aromatic N) is 3. The molecule has 3 heterocycles. The Morgan fingerprint density at radius 2 is 2.17 bits per heavy atom. The topological polar surface area (TPSA) is 91.8 Å². The third-order valence-corrected chi connectivity index (χ3v) is 6.25. The quantitative estimate of drug-likeness (QED) is 0.734. The molecule has 1 aliphatic carbocycles. The number of hydrogen-bond acceptors (Lipinski definition) is 6. The highest BCUT2D eigenvalue weighted by atomic mass is 35.5. The fourth-order valence-electron chi connectivity index (χ4n) is 3.44. The maximum atomic E-state index is 12.7. The van der Waals surface area contributed by atoms with E-state index in [9.17, 15) is 14.4 Å². The van der Waals surface area contributed by atoms with Crippen molar-refractivity contribution in [2.75, 3.05) is 30.0 Å². The number of nitrogens with one attached hydrogen (secondary N) is 1. The first-order valence-electron chi connectivity index (χ1n) is 9.20. The minimum absolute atomic E-state index is 0.176. The summed E-state index contributed by atoms with van der Waals surface area (Å²) in [5, 5.41) is 5.39. The zero-order valence-electron chi connectivity index (χ0n) is 15.5. The lowest BCUT2D eigenvalue weighted by Crippen LogP contribution is -2.45. The normalized spacial score (nSPS) is 20.2. The van der Waals surface area contributed by atoms with E-state index in [-0.39, 0.29) is 29.1 Å². The van der Waals surface area contributed by atoms with Crippen LogP contribution in [0.15, 0.2) is 41.8 Å². The van der Waals surface area contributed by atoms with Crippen LogP contribution in [0, 0.1) is 0 Å². The summed E-state index contributed by atoms with van der Waals surface area (Å²) in [5.41, 5.74) is 2.01. The molecule has 0 bridgehead atoms. The minimum Gasteiger partial charge on any atom is -0.377 e. The van der Waals surface area contributed by atoms with E-state index < -0.39 is 12.1 Å². The molecule has 1 atom stereocenters. The number of fused-ring (bicyclic) bond motifs is 1. The van der Waals surface area contributed by atoms with E-state index in [1.54, 1.807) is 17.5 Å². The molecular weight excluding hydrogens is 428 g/mol. The van der Waals surface area contributed by atoms with Gasteiger partial charge < -0.3 is 15.0 Å².